The first-order chi connectivity index (χ1) is 8.00. The summed E-state index contributed by atoms with van der Waals surface area (Å²) < 4.78 is 2.34. The standard InChI is InChI=1S/C14H17ClN2/c1-9(15)13-16-10-6-4-5-7-11(10)17(13)12-8-14(12,2)3/h4-7,9,12H,8H2,1-3H3. The Balaban J connectivity index is 2.23. The lowest BCUT2D eigenvalue weighted by Gasteiger charge is -2.12. The Morgan fingerprint density at radius 1 is 1.41 bits per heavy atom. The highest BCUT2D eigenvalue weighted by atomic mass is 35.5. The lowest BCUT2D eigenvalue weighted by Crippen LogP contribution is -2.06. The quantitative estimate of drug-likeness (QED) is 0.725. The molecule has 2 nitrogen and oxygen atoms in total. The Morgan fingerprint density at radius 2 is 2.06 bits per heavy atom. The zero-order valence-electron chi connectivity index (χ0n) is 10.4. The fourth-order valence-electron chi connectivity index (χ4n) is 2.55. The molecule has 1 saturated carbocycles. The Kier molecular flexibility index (Phi) is 2.27. The predicted octanol–water partition coefficient (Wildman–Crippen LogP) is 4.31. The molecule has 0 bridgehead atoms. The van der Waals surface area contributed by atoms with E-state index in [9.17, 15) is 0 Å². The summed E-state index contributed by atoms with van der Waals surface area (Å²) in [6, 6.07) is 8.84. The van der Waals surface area contributed by atoms with Crippen molar-refractivity contribution in [2.24, 2.45) is 5.41 Å². The van der Waals surface area contributed by atoms with Gasteiger partial charge >= 0.3 is 0 Å². The third kappa shape index (κ3) is 1.66. The Hall–Kier alpha value is -1.02. The number of rotatable bonds is 2. The SMILES string of the molecule is CC(Cl)c1nc2ccccc2n1C1CC1(C)C. The van der Waals surface area contributed by atoms with Crippen molar-refractivity contribution >= 4 is 22.6 Å². The highest BCUT2D eigenvalue weighted by Crippen LogP contribution is 2.57. The Morgan fingerprint density at radius 3 is 2.65 bits per heavy atom. The number of halogens is 1. The summed E-state index contributed by atoms with van der Waals surface area (Å²) in [7, 11) is 0. The molecule has 1 aliphatic carbocycles. The molecule has 3 heteroatoms. The summed E-state index contributed by atoms with van der Waals surface area (Å²) in [5.41, 5.74) is 2.65. The third-order valence-electron chi connectivity index (χ3n) is 3.75. The number of para-hydroxylation sites is 2. The van der Waals surface area contributed by atoms with E-state index >= 15 is 0 Å². The van der Waals surface area contributed by atoms with E-state index in [-0.39, 0.29) is 5.38 Å². The summed E-state index contributed by atoms with van der Waals surface area (Å²) >= 11 is 6.26. The second-order valence-electron chi connectivity index (χ2n) is 5.65. The molecule has 17 heavy (non-hydrogen) atoms. The van der Waals surface area contributed by atoms with Crippen LogP contribution in [-0.4, -0.2) is 9.55 Å². The number of nitrogens with zero attached hydrogens (tertiary/aromatic N) is 2. The maximum absolute atomic E-state index is 6.26. The second-order valence-corrected chi connectivity index (χ2v) is 6.31. The minimum atomic E-state index is -0.0428. The largest absolute Gasteiger partial charge is 0.323 e. The van der Waals surface area contributed by atoms with E-state index in [0.717, 1.165) is 11.3 Å². The number of aromatic nitrogens is 2. The summed E-state index contributed by atoms with van der Waals surface area (Å²) in [6.45, 7) is 6.60. The van der Waals surface area contributed by atoms with Crippen LogP contribution >= 0.6 is 11.6 Å². The zero-order valence-corrected chi connectivity index (χ0v) is 11.2. The zero-order chi connectivity index (χ0) is 12.2. The first kappa shape index (κ1) is 11.1. The van der Waals surface area contributed by atoms with Crippen LogP contribution in [0.25, 0.3) is 11.0 Å². The first-order valence-corrected chi connectivity index (χ1v) is 6.55. The molecule has 0 N–H and O–H groups in total. The number of hydrogen-bond acceptors (Lipinski definition) is 1. The molecule has 1 aliphatic rings. The molecular formula is C14H17ClN2. The van der Waals surface area contributed by atoms with Crippen molar-refractivity contribution in [3.63, 3.8) is 0 Å². The molecule has 2 unspecified atom stereocenters. The topological polar surface area (TPSA) is 17.8 Å². The number of imidazole rings is 1. The van der Waals surface area contributed by atoms with E-state index < -0.39 is 0 Å². The molecule has 1 fully saturated rings. The van der Waals surface area contributed by atoms with Crippen LogP contribution in [0.5, 0.6) is 0 Å². The molecule has 1 aromatic carbocycles. The van der Waals surface area contributed by atoms with Gasteiger partial charge in [-0.25, -0.2) is 4.98 Å². The molecule has 0 radical (unpaired) electrons. The van der Waals surface area contributed by atoms with Gasteiger partial charge in [-0.05, 0) is 30.9 Å². The lowest BCUT2D eigenvalue weighted by molar-refractivity contribution is 0.535. The average molecular weight is 249 g/mol. The summed E-state index contributed by atoms with van der Waals surface area (Å²) in [5, 5.41) is -0.0428. The highest BCUT2D eigenvalue weighted by Gasteiger charge is 2.48. The van der Waals surface area contributed by atoms with Gasteiger partial charge in [0.1, 0.15) is 5.82 Å². The third-order valence-corrected chi connectivity index (χ3v) is 3.95. The van der Waals surface area contributed by atoms with Crippen molar-refractivity contribution < 1.29 is 0 Å². The van der Waals surface area contributed by atoms with Crippen molar-refractivity contribution in [2.45, 2.75) is 38.6 Å². The maximum Gasteiger partial charge on any atom is 0.127 e. The van der Waals surface area contributed by atoms with Crippen molar-refractivity contribution in [1.82, 2.24) is 9.55 Å². The summed E-state index contributed by atoms with van der Waals surface area (Å²) in [5.74, 6) is 1.00. The van der Waals surface area contributed by atoms with Gasteiger partial charge in [0.05, 0.1) is 16.4 Å². The van der Waals surface area contributed by atoms with E-state index in [2.05, 4.69) is 41.6 Å². The van der Waals surface area contributed by atoms with Gasteiger partial charge < -0.3 is 4.57 Å². The molecule has 3 rings (SSSR count). The molecule has 0 spiro atoms. The van der Waals surface area contributed by atoms with Crippen LogP contribution in [0.1, 0.15) is 44.4 Å². The predicted molar refractivity (Wildman–Crippen MR) is 71.4 cm³/mol. The summed E-state index contributed by atoms with van der Waals surface area (Å²) in [4.78, 5) is 4.67. The van der Waals surface area contributed by atoms with Gasteiger partial charge in [0.25, 0.3) is 0 Å². The molecule has 2 atom stereocenters. The average Bonchev–Trinajstić information content (AvgIpc) is 2.75. The molecule has 1 heterocycles. The molecule has 0 saturated heterocycles. The Bertz CT molecular complexity index is 569. The van der Waals surface area contributed by atoms with Gasteiger partial charge in [0.15, 0.2) is 0 Å². The van der Waals surface area contributed by atoms with Gasteiger partial charge in [-0.15, -0.1) is 11.6 Å². The Labute approximate surface area is 107 Å². The minimum absolute atomic E-state index is 0.0428. The van der Waals surface area contributed by atoms with Crippen LogP contribution in [0, 0.1) is 5.41 Å². The van der Waals surface area contributed by atoms with Gasteiger partial charge in [-0.3, -0.25) is 0 Å². The van der Waals surface area contributed by atoms with Gasteiger partial charge in [0, 0.05) is 6.04 Å². The molecule has 2 aromatic rings. The van der Waals surface area contributed by atoms with Crippen molar-refractivity contribution in [3.8, 4) is 0 Å². The number of benzene rings is 1. The highest BCUT2D eigenvalue weighted by molar-refractivity contribution is 6.20. The van der Waals surface area contributed by atoms with Crippen LogP contribution in [0.4, 0.5) is 0 Å². The van der Waals surface area contributed by atoms with E-state index in [1.54, 1.807) is 0 Å². The van der Waals surface area contributed by atoms with Crippen LogP contribution in [0.2, 0.25) is 0 Å². The monoisotopic (exact) mass is 248 g/mol. The lowest BCUT2D eigenvalue weighted by atomic mass is 10.2. The van der Waals surface area contributed by atoms with Crippen molar-refractivity contribution in [1.29, 1.82) is 0 Å². The van der Waals surface area contributed by atoms with Crippen molar-refractivity contribution in [3.05, 3.63) is 30.1 Å². The first-order valence-electron chi connectivity index (χ1n) is 6.11. The van der Waals surface area contributed by atoms with Crippen LogP contribution in [0.3, 0.4) is 0 Å². The van der Waals surface area contributed by atoms with E-state index in [4.69, 9.17) is 11.6 Å². The fourth-order valence-corrected chi connectivity index (χ4v) is 2.71. The fraction of sp³-hybridized carbons (Fsp3) is 0.500. The molecule has 1 aromatic heterocycles. The van der Waals surface area contributed by atoms with Crippen LogP contribution in [-0.2, 0) is 0 Å². The number of alkyl halides is 1. The van der Waals surface area contributed by atoms with Crippen LogP contribution < -0.4 is 0 Å². The maximum atomic E-state index is 6.26. The van der Waals surface area contributed by atoms with Gasteiger partial charge in [0.2, 0.25) is 0 Å². The van der Waals surface area contributed by atoms with Crippen LogP contribution in [0.15, 0.2) is 24.3 Å². The molecule has 0 aliphatic heterocycles. The molecular weight excluding hydrogens is 232 g/mol. The van der Waals surface area contributed by atoms with E-state index in [1.807, 2.05) is 13.0 Å². The summed E-state index contributed by atoms with van der Waals surface area (Å²) in [6.07, 6.45) is 1.21. The van der Waals surface area contributed by atoms with Gasteiger partial charge in [-0.1, -0.05) is 26.0 Å². The van der Waals surface area contributed by atoms with E-state index in [1.165, 1.54) is 11.9 Å². The van der Waals surface area contributed by atoms with Crippen molar-refractivity contribution in [2.75, 3.05) is 0 Å². The normalized spacial score (nSPS) is 23.9. The number of fused-ring (bicyclic) bond motifs is 1. The second kappa shape index (κ2) is 3.49. The molecule has 90 valence electrons. The van der Waals surface area contributed by atoms with Gasteiger partial charge in [-0.2, -0.15) is 0 Å². The minimum Gasteiger partial charge on any atom is -0.323 e. The molecule has 0 amide bonds. The smallest absolute Gasteiger partial charge is 0.127 e. The number of hydrogen-bond donors (Lipinski definition) is 0. The van der Waals surface area contributed by atoms with E-state index in [0.29, 0.717) is 11.5 Å².